The Labute approximate surface area is 262 Å². The molecule has 6 rings (SSSR count). The van der Waals surface area contributed by atoms with Gasteiger partial charge in [0.25, 0.3) is 5.91 Å². The number of hydrogen-bond acceptors (Lipinski definition) is 6. The molecule has 0 spiro atoms. The molecular weight excluding hydrogens is 597 g/mol. The highest BCUT2D eigenvalue weighted by molar-refractivity contribution is 5.94. The largest absolute Gasteiger partial charge is 0.379 e. The standard InChI is InChI=1S/C34H31F3N6O3/c35-23-14-21(15-24(36)18-23)16-29(33-25(4-3-9-39-33)22-7-8-27(37)26(17-22)34(38)45)41-32(44)20-43-30-6-2-1-5-28(30)40-31(43)19-42-10-12-46-13-11-42/h1-9,14-15,17-18,29H,10-13,16,19-20H2,(H2,38,45)(H,41,44)/t29-/m0/s1. The number of aromatic nitrogens is 3. The van der Waals surface area contributed by atoms with Crippen LogP contribution in [0.4, 0.5) is 13.2 Å². The van der Waals surface area contributed by atoms with E-state index in [-0.39, 0.29) is 30.0 Å². The lowest BCUT2D eigenvalue weighted by Crippen LogP contribution is -2.37. The van der Waals surface area contributed by atoms with Crippen molar-refractivity contribution in [3.63, 3.8) is 0 Å². The molecular formula is C34H31F3N6O3. The van der Waals surface area contributed by atoms with Crippen LogP contribution in [0.25, 0.3) is 22.2 Å². The second-order valence-electron chi connectivity index (χ2n) is 11.1. The van der Waals surface area contributed by atoms with Crippen molar-refractivity contribution in [2.24, 2.45) is 5.73 Å². The predicted molar refractivity (Wildman–Crippen MR) is 165 cm³/mol. The number of para-hydroxylation sites is 2. The van der Waals surface area contributed by atoms with E-state index in [9.17, 15) is 22.8 Å². The van der Waals surface area contributed by atoms with E-state index in [0.717, 1.165) is 36.3 Å². The summed E-state index contributed by atoms with van der Waals surface area (Å²) >= 11 is 0. The van der Waals surface area contributed by atoms with Crippen LogP contribution in [0.15, 0.2) is 79.0 Å². The molecule has 1 aliphatic rings. The van der Waals surface area contributed by atoms with Crippen LogP contribution >= 0.6 is 0 Å². The van der Waals surface area contributed by atoms with Crippen molar-refractivity contribution in [3.8, 4) is 11.1 Å². The number of ether oxygens (including phenoxy) is 1. The molecule has 236 valence electrons. The maximum absolute atomic E-state index is 14.3. The van der Waals surface area contributed by atoms with Gasteiger partial charge in [-0.05, 0) is 60.0 Å². The molecule has 46 heavy (non-hydrogen) atoms. The molecule has 12 heteroatoms. The van der Waals surface area contributed by atoms with Gasteiger partial charge in [0, 0.05) is 30.9 Å². The number of pyridine rings is 1. The number of fused-ring (bicyclic) bond motifs is 1. The number of nitrogens with two attached hydrogens (primary N) is 1. The molecule has 9 nitrogen and oxygen atoms in total. The fourth-order valence-corrected chi connectivity index (χ4v) is 5.77. The number of imidazole rings is 1. The summed E-state index contributed by atoms with van der Waals surface area (Å²) in [5, 5.41) is 3.02. The lowest BCUT2D eigenvalue weighted by Gasteiger charge is -2.26. The van der Waals surface area contributed by atoms with Crippen LogP contribution in [0.2, 0.25) is 0 Å². The zero-order chi connectivity index (χ0) is 32.2. The van der Waals surface area contributed by atoms with Crippen molar-refractivity contribution < 1.29 is 27.5 Å². The Balaban J connectivity index is 1.36. The number of morpholine rings is 1. The minimum atomic E-state index is -0.940. The van der Waals surface area contributed by atoms with Crippen molar-refractivity contribution >= 4 is 22.8 Å². The van der Waals surface area contributed by atoms with Crippen molar-refractivity contribution in [2.75, 3.05) is 26.3 Å². The molecule has 0 bridgehead atoms. The Kier molecular flexibility index (Phi) is 9.08. The van der Waals surface area contributed by atoms with Gasteiger partial charge in [0.2, 0.25) is 5.91 Å². The normalized spacial score (nSPS) is 14.3. The SMILES string of the molecule is NC(=O)c1cc(-c2cccnc2[C@H](Cc2cc(F)cc(F)c2)NC(=O)Cn2c(CN3CCOCC3)nc3ccccc32)ccc1F. The van der Waals surface area contributed by atoms with Gasteiger partial charge in [-0.1, -0.05) is 24.3 Å². The highest BCUT2D eigenvalue weighted by atomic mass is 19.1. The summed E-state index contributed by atoms with van der Waals surface area (Å²) in [7, 11) is 0. The lowest BCUT2D eigenvalue weighted by atomic mass is 9.94. The van der Waals surface area contributed by atoms with Crippen LogP contribution in [0.1, 0.15) is 33.5 Å². The number of halogens is 3. The summed E-state index contributed by atoms with van der Waals surface area (Å²) in [6, 6.07) is 17.1. The second kappa shape index (κ2) is 13.5. The second-order valence-corrected chi connectivity index (χ2v) is 11.1. The number of rotatable bonds is 10. The monoisotopic (exact) mass is 628 g/mol. The number of amides is 2. The number of nitrogens with one attached hydrogen (secondary N) is 1. The predicted octanol–water partition coefficient (Wildman–Crippen LogP) is 4.55. The zero-order valence-electron chi connectivity index (χ0n) is 24.8. The van der Waals surface area contributed by atoms with E-state index < -0.39 is 29.4 Å². The van der Waals surface area contributed by atoms with Crippen LogP contribution in [0.3, 0.4) is 0 Å². The van der Waals surface area contributed by atoms with E-state index in [1.165, 1.54) is 30.5 Å². The highest BCUT2D eigenvalue weighted by Gasteiger charge is 2.24. The molecule has 1 aliphatic heterocycles. The minimum Gasteiger partial charge on any atom is -0.379 e. The Morgan fingerprint density at radius 2 is 1.72 bits per heavy atom. The van der Waals surface area contributed by atoms with Crippen molar-refractivity contribution in [2.45, 2.75) is 25.6 Å². The van der Waals surface area contributed by atoms with Gasteiger partial charge in [-0.15, -0.1) is 0 Å². The van der Waals surface area contributed by atoms with Crippen LogP contribution in [-0.4, -0.2) is 57.6 Å². The summed E-state index contributed by atoms with van der Waals surface area (Å²) in [6.45, 7) is 3.15. The third-order valence-electron chi connectivity index (χ3n) is 7.91. The van der Waals surface area contributed by atoms with Gasteiger partial charge >= 0.3 is 0 Å². The summed E-state index contributed by atoms with van der Waals surface area (Å²) in [5.74, 6) is -2.91. The molecule has 0 saturated carbocycles. The number of hydrogen-bond donors (Lipinski definition) is 2. The van der Waals surface area contributed by atoms with Gasteiger partial charge in [0.1, 0.15) is 29.8 Å². The fraction of sp³-hybridized carbons (Fsp3) is 0.235. The molecule has 0 radical (unpaired) electrons. The van der Waals surface area contributed by atoms with E-state index in [1.54, 1.807) is 12.1 Å². The molecule has 2 amide bonds. The number of primary amides is 1. The van der Waals surface area contributed by atoms with E-state index in [0.29, 0.717) is 42.4 Å². The Hall–Kier alpha value is -5.07. The summed E-state index contributed by atoms with van der Waals surface area (Å²) in [6.07, 6.45) is 1.51. The van der Waals surface area contributed by atoms with E-state index in [4.69, 9.17) is 15.5 Å². The first-order valence-electron chi connectivity index (χ1n) is 14.8. The minimum absolute atomic E-state index is 0.0143. The van der Waals surface area contributed by atoms with Crippen LogP contribution in [0, 0.1) is 17.5 Å². The first-order chi connectivity index (χ1) is 22.2. The molecule has 3 heterocycles. The zero-order valence-corrected chi connectivity index (χ0v) is 24.8. The summed E-state index contributed by atoms with van der Waals surface area (Å²) < 4.78 is 50.2. The van der Waals surface area contributed by atoms with Gasteiger partial charge in [0.05, 0.1) is 48.1 Å². The smallest absolute Gasteiger partial charge is 0.251 e. The summed E-state index contributed by atoms with van der Waals surface area (Å²) in [5.41, 5.74) is 8.17. The Bertz CT molecular complexity index is 1890. The van der Waals surface area contributed by atoms with Gasteiger partial charge in [-0.2, -0.15) is 0 Å². The van der Waals surface area contributed by atoms with Crippen molar-refractivity contribution in [3.05, 3.63) is 119 Å². The average Bonchev–Trinajstić information content (AvgIpc) is 3.37. The molecule has 0 aliphatic carbocycles. The Morgan fingerprint density at radius 3 is 2.48 bits per heavy atom. The maximum Gasteiger partial charge on any atom is 0.251 e. The van der Waals surface area contributed by atoms with Crippen LogP contribution in [0.5, 0.6) is 0 Å². The molecule has 3 N–H and O–H groups in total. The van der Waals surface area contributed by atoms with Gasteiger partial charge in [0.15, 0.2) is 0 Å². The quantitative estimate of drug-likeness (QED) is 0.235. The van der Waals surface area contributed by atoms with E-state index in [1.807, 2.05) is 28.8 Å². The molecule has 1 fully saturated rings. The fourth-order valence-electron chi connectivity index (χ4n) is 5.77. The highest BCUT2D eigenvalue weighted by Crippen LogP contribution is 2.30. The molecule has 5 aromatic rings. The third kappa shape index (κ3) is 6.93. The average molecular weight is 629 g/mol. The van der Waals surface area contributed by atoms with Crippen molar-refractivity contribution in [1.82, 2.24) is 24.8 Å². The maximum atomic E-state index is 14.3. The lowest BCUT2D eigenvalue weighted by molar-refractivity contribution is -0.122. The van der Waals surface area contributed by atoms with Crippen molar-refractivity contribution in [1.29, 1.82) is 0 Å². The third-order valence-corrected chi connectivity index (χ3v) is 7.91. The molecule has 0 unspecified atom stereocenters. The number of benzene rings is 3. The van der Waals surface area contributed by atoms with Crippen LogP contribution in [-0.2, 0) is 29.0 Å². The topological polar surface area (TPSA) is 115 Å². The molecule has 1 saturated heterocycles. The molecule has 1 atom stereocenters. The van der Waals surface area contributed by atoms with Crippen LogP contribution < -0.4 is 11.1 Å². The molecule has 2 aromatic heterocycles. The first kappa shape index (κ1) is 30.9. The number of carbonyl (C=O) groups excluding carboxylic acids is 2. The summed E-state index contributed by atoms with van der Waals surface area (Å²) in [4.78, 5) is 37.3. The Morgan fingerprint density at radius 1 is 0.957 bits per heavy atom. The van der Waals surface area contributed by atoms with E-state index >= 15 is 0 Å². The van der Waals surface area contributed by atoms with Gasteiger partial charge < -0.3 is 20.4 Å². The van der Waals surface area contributed by atoms with Gasteiger partial charge in [-0.25, -0.2) is 18.2 Å². The van der Waals surface area contributed by atoms with Gasteiger partial charge in [-0.3, -0.25) is 19.5 Å². The number of nitrogens with zero attached hydrogens (tertiary/aromatic N) is 4. The number of carbonyl (C=O) groups is 2. The van der Waals surface area contributed by atoms with E-state index in [2.05, 4.69) is 15.2 Å². The molecule has 3 aromatic carbocycles. The first-order valence-corrected chi connectivity index (χ1v) is 14.8.